The van der Waals surface area contributed by atoms with Gasteiger partial charge in [-0.15, -0.1) is 0 Å². The van der Waals surface area contributed by atoms with Crippen LogP contribution in [0.1, 0.15) is 69.1 Å². The van der Waals surface area contributed by atoms with Gasteiger partial charge in [0.1, 0.15) is 11.5 Å². The first-order chi connectivity index (χ1) is 13.9. The fraction of sp³-hybridized carbons (Fsp3) is 0.542. The Labute approximate surface area is 185 Å². The second-order valence-corrected chi connectivity index (χ2v) is 10.6. The summed E-state index contributed by atoms with van der Waals surface area (Å²) in [5.41, 5.74) is 2.98. The Balaban J connectivity index is 1.76. The van der Waals surface area contributed by atoms with Crippen molar-refractivity contribution in [3.63, 3.8) is 0 Å². The van der Waals surface area contributed by atoms with Crippen molar-refractivity contribution in [3.05, 3.63) is 52.4 Å². The normalized spacial score (nSPS) is 16.7. The van der Waals surface area contributed by atoms with Crippen molar-refractivity contribution in [2.24, 2.45) is 5.41 Å². The number of aromatic nitrogens is 2. The molecule has 0 saturated carbocycles. The minimum atomic E-state index is -0.199. The van der Waals surface area contributed by atoms with Crippen molar-refractivity contribution < 1.29 is 4.79 Å². The molecule has 162 valence electrons. The second-order valence-electron chi connectivity index (χ2n) is 10.2. The third kappa shape index (κ3) is 5.72. The highest BCUT2D eigenvalue weighted by Gasteiger charge is 2.29. The molecular weight excluding hydrogens is 396 g/mol. The number of halogens is 1. The smallest absolute Gasteiger partial charge is 0.272 e. The minimum Gasteiger partial charge on any atom is -0.365 e. The summed E-state index contributed by atoms with van der Waals surface area (Å²) >= 11 is 6.18. The summed E-state index contributed by atoms with van der Waals surface area (Å²) in [6, 6.07) is 10.3. The molecule has 3 rings (SSSR count). The van der Waals surface area contributed by atoms with Gasteiger partial charge in [0.05, 0.1) is 0 Å². The molecule has 1 amide bonds. The molecule has 0 aliphatic heterocycles. The molecule has 1 aromatic heterocycles. The van der Waals surface area contributed by atoms with Crippen LogP contribution < -0.4 is 5.32 Å². The first-order valence-corrected chi connectivity index (χ1v) is 11.0. The number of anilines is 1. The number of hydrogen-bond acceptors (Lipinski definition) is 4. The molecule has 2 aromatic rings. The molecule has 0 saturated heterocycles. The fourth-order valence-corrected chi connectivity index (χ4v) is 4.85. The van der Waals surface area contributed by atoms with Crippen LogP contribution in [0.5, 0.6) is 0 Å². The van der Waals surface area contributed by atoms with E-state index in [9.17, 15) is 4.79 Å². The number of aryl methyl sites for hydroxylation is 1. The standard InChI is InChI=1S/C24H33ClN4O/c1-23(2,3)15-24(4,5)28-20-14-19(26-22(25)27-20)21(30)29(6)18-12-11-16-9-7-8-10-17(16)13-18/h7-10,14,18H,11-13,15H2,1-6H3,(H,26,27,28). The highest BCUT2D eigenvalue weighted by Crippen LogP contribution is 2.30. The van der Waals surface area contributed by atoms with Crippen molar-refractivity contribution in [2.75, 3.05) is 12.4 Å². The molecule has 1 aliphatic rings. The molecule has 1 aliphatic carbocycles. The number of benzene rings is 1. The van der Waals surface area contributed by atoms with E-state index in [0.717, 1.165) is 25.7 Å². The summed E-state index contributed by atoms with van der Waals surface area (Å²) in [6.07, 6.45) is 3.73. The molecule has 1 unspecified atom stereocenters. The maximum absolute atomic E-state index is 13.2. The molecule has 0 radical (unpaired) electrons. The summed E-state index contributed by atoms with van der Waals surface area (Å²) in [6.45, 7) is 10.9. The lowest BCUT2D eigenvalue weighted by molar-refractivity contribution is 0.0712. The van der Waals surface area contributed by atoms with E-state index in [4.69, 9.17) is 11.6 Å². The average molecular weight is 429 g/mol. The largest absolute Gasteiger partial charge is 0.365 e. The van der Waals surface area contributed by atoms with E-state index < -0.39 is 0 Å². The van der Waals surface area contributed by atoms with Crippen molar-refractivity contribution in [1.29, 1.82) is 0 Å². The maximum atomic E-state index is 13.2. The number of amides is 1. The van der Waals surface area contributed by atoms with Gasteiger partial charge in [-0.1, -0.05) is 45.0 Å². The van der Waals surface area contributed by atoms with Gasteiger partial charge in [-0.25, -0.2) is 9.97 Å². The maximum Gasteiger partial charge on any atom is 0.272 e. The molecule has 5 nitrogen and oxygen atoms in total. The van der Waals surface area contributed by atoms with E-state index in [2.05, 4.69) is 74.2 Å². The number of nitrogens with one attached hydrogen (secondary N) is 1. The first kappa shape index (κ1) is 22.5. The van der Waals surface area contributed by atoms with Crippen molar-refractivity contribution in [1.82, 2.24) is 14.9 Å². The molecule has 1 aromatic carbocycles. The second kappa shape index (κ2) is 8.54. The van der Waals surface area contributed by atoms with E-state index in [1.54, 1.807) is 11.0 Å². The van der Waals surface area contributed by atoms with Gasteiger partial charge in [0.2, 0.25) is 5.28 Å². The molecule has 1 atom stereocenters. The number of carbonyl (C=O) groups is 1. The van der Waals surface area contributed by atoms with Crippen LogP contribution in [0.4, 0.5) is 5.82 Å². The monoisotopic (exact) mass is 428 g/mol. The summed E-state index contributed by atoms with van der Waals surface area (Å²) in [5.74, 6) is 0.454. The fourth-order valence-electron chi connectivity index (χ4n) is 4.66. The van der Waals surface area contributed by atoms with Crippen LogP contribution in [0.15, 0.2) is 30.3 Å². The number of carbonyl (C=O) groups excluding carboxylic acids is 1. The predicted molar refractivity (Wildman–Crippen MR) is 123 cm³/mol. The van der Waals surface area contributed by atoms with Gasteiger partial charge < -0.3 is 10.2 Å². The van der Waals surface area contributed by atoms with E-state index >= 15 is 0 Å². The van der Waals surface area contributed by atoms with E-state index in [1.807, 2.05) is 7.05 Å². The van der Waals surface area contributed by atoms with Gasteiger partial charge in [-0.05, 0) is 67.7 Å². The van der Waals surface area contributed by atoms with E-state index in [1.165, 1.54) is 11.1 Å². The van der Waals surface area contributed by atoms with Crippen LogP contribution >= 0.6 is 11.6 Å². The molecule has 1 N–H and O–H groups in total. The average Bonchev–Trinajstić information content (AvgIpc) is 2.63. The lowest BCUT2D eigenvalue weighted by atomic mass is 9.82. The van der Waals surface area contributed by atoms with Crippen molar-refractivity contribution in [2.45, 2.75) is 71.9 Å². The third-order valence-corrected chi connectivity index (χ3v) is 5.71. The van der Waals surface area contributed by atoms with Gasteiger partial charge in [0.15, 0.2) is 0 Å². The summed E-state index contributed by atoms with van der Waals surface area (Å²) < 4.78 is 0. The Hall–Kier alpha value is -2.14. The van der Waals surface area contributed by atoms with Gasteiger partial charge in [0, 0.05) is 24.7 Å². The Kier molecular flexibility index (Phi) is 6.42. The number of likely N-dealkylation sites (N-methyl/N-ethyl adjacent to an activating group) is 1. The number of fused-ring (bicyclic) bond motifs is 1. The molecule has 6 heteroatoms. The van der Waals surface area contributed by atoms with Crippen LogP contribution in [0.25, 0.3) is 0 Å². The Morgan fingerprint density at radius 1 is 1.17 bits per heavy atom. The molecule has 0 bridgehead atoms. The lowest BCUT2D eigenvalue weighted by Crippen LogP contribution is -2.41. The molecule has 30 heavy (non-hydrogen) atoms. The molecular formula is C24H33ClN4O. The SMILES string of the molecule is CN(C(=O)c1cc(NC(C)(C)CC(C)(C)C)nc(Cl)n1)C1CCc2ccccc2C1. The van der Waals surface area contributed by atoms with Gasteiger partial charge in [-0.3, -0.25) is 4.79 Å². The highest BCUT2D eigenvalue weighted by atomic mass is 35.5. The van der Waals surface area contributed by atoms with Crippen LogP contribution in [0.2, 0.25) is 5.28 Å². The Morgan fingerprint density at radius 3 is 2.50 bits per heavy atom. The minimum absolute atomic E-state index is 0.0808. The van der Waals surface area contributed by atoms with Crippen molar-refractivity contribution >= 4 is 23.3 Å². The quantitative estimate of drug-likeness (QED) is 0.649. The van der Waals surface area contributed by atoms with Crippen LogP contribution in [0.3, 0.4) is 0 Å². The molecule has 1 heterocycles. The summed E-state index contributed by atoms with van der Waals surface area (Å²) in [5, 5.41) is 3.52. The highest BCUT2D eigenvalue weighted by molar-refractivity contribution is 6.28. The summed E-state index contributed by atoms with van der Waals surface area (Å²) in [7, 11) is 1.85. The zero-order chi connectivity index (χ0) is 22.1. The zero-order valence-corrected chi connectivity index (χ0v) is 19.7. The van der Waals surface area contributed by atoms with E-state index in [-0.39, 0.29) is 28.2 Å². The number of rotatable bonds is 5. The van der Waals surface area contributed by atoms with Crippen LogP contribution in [-0.4, -0.2) is 39.4 Å². The van der Waals surface area contributed by atoms with Crippen molar-refractivity contribution in [3.8, 4) is 0 Å². The zero-order valence-electron chi connectivity index (χ0n) is 18.9. The predicted octanol–water partition coefficient (Wildman–Crippen LogP) is 5.39. The Bertz CT molecular complexity index is 920. The first-order valence-electron chi connectivity index (χ1n) is 10.6. The van der Waals surface area contributed by atoms with E-state index in [0.29, 0.717) is 11.5 Å². The Morgan fingerprint density at radius 2 is 1.83 bits per heavy atom. The van der Waals surface area contributed by atoms with Crippen LogP contribution in [0, 0.1) is 5.41 Å². The van der Waals surface area contributed by atoms with Gasteiger partial charge in [-0.2, -0.15) is 0 Å². The number of hydrogen-bond donors (Lipinski definition) is 1. The topological polar surface area (TPSA) is 58.1 Å². The summed E-state index contributed by atoms with van der Waals surface area (Å²) in [4.78, 5) is 23.5. The van der Waals surface area contributed by atoms with Gasteiger partial charge >= 0.3 is 0 Å². The lowest BCUT2D eigenvalue weighted by Gasteiger charge is -2.34. The van der Waals surface area contributed by atoms with Crippen LogP contribution in [-0.2, 0) is 12.8 Å². The third-order valence-electron chi connectivity index (χ3n) is 5.55. The molecule has 0 spiro atoms. The molecule has 0 fully saturated rings. The number of nitrogens with zero attached hydrogens (tertiary/aromatic N) is 3. The van der Waals surface area contributed by atoms with Gasteiger partial charge in [0.25, 0.3) is 5.91 Å².